The van der Waals surface area contributed by atoms with E-state index in [0.29, 0.717) is 4.09 Å². The highest BCUT2D eigenvalue weighted by Crippen LogP contribution is 2.28. The maximum absolute atomic E-state index is 11.4. The smallest absolute Gasteiger partial charge is 0.251 e. The van der Waals surface area contributed by atoms with Crippen LogP contribution in [0.4, 0.5) is 0 Å². The molecule has 0 saturated carbocycles. The summed E-state index contributed by atoms with van der Waals surface area (Å²) in [6.45, 7) is 0. The summed E-state index contributed by atoms with van der Waals surface area (Å²) in [7, 11) is -3.73. The van der Waals surface area contributed by atoms with Gasteiger partial charge in [-0.2, -0.15) is 9.19 Å². The van der Waals surface area contributed by atoms with Crippen LogP contribution < -0.4 is 5.43 Å². The third kappa shape index (κ3) is 1.82. The van der Waals surface area contributed by atoms with Gasteiger partial charge in [-0.15, -0.1) is 0 Å². The molecule has 1 radical (unpaired) electrons. The van der Waals surface area contributed by atoms with Crippen molar-refractivity contribution in [3.63, 3.8) is 0 Å². The molecule has 0 fully saturated rings. The molecule has 0 unspecified atom stereocenters. The minimum Gasteiger partial charge on any atom is -0.504 e. The van der Waals surface area contributed by atoms with Gasteiger partial charge in [0.15, 0.2) is 17.7 Å². The Morgan fingerprint density at radius 2 is 1.88 bits per heavy atom. The molecule has 0 aliphatic rings. The second kappa shape index (κ2) is 3.45. The molecule has 8 heteroatoms. The Morgan fingerprint density at radius 1 is 1.29 bits per heavy atom. The topological polar surface area (TPSA) is 109 Å². The van der Waals surface area contributed by atoms with Gasteiger partial charge in [0.2, 0.25) is 5.43 Å². The number of phenols is 2. The molecule has 0 atom stereocenters. The van der Waals surface area contributed by atoms with E-state index in [4.69, 9.17) is 0 Å². The highest BCUT2D eigenvalue weighted by atomic mass is 32.2. The Balaban J connectivity index is 3.06. The zero-order valence-electron chi connectivity index (χ0n) is 8.58. The largest absolute Gasteiger partial charge is 0.504 e. The van der Waals surface area contributed by atoms with E-state index < -0.39 is 27.0 Å². The number of aromatic nitrogens is 2. The van der Waals surface area contributed by atoms with E-state index in [1.54, 1.807) is 0 Å². The van der Waals surface area contributed by atoms with Crippen LogP contribution in [-0.4, -0.2) is 34.1 Å². The Hall–Kier alpha value is -2.09. The molecular weight excluding hydrogens is 248 g/mol. The third-order valence-corrected chi connectivity index (χ3v) is 3.01. The Morgan fingerprint density at radius 3 is 2.47 bits per heavy atom. The molecule has 2 N–H and O–H groups in total. The SMILES string of the molecule is CS(=O)(=O)n1n[c]c(=O)c2cc(O)c(O)cc21. The maximum atomic E-state index is 11.4. The van der Waals surface area contributed by atoms with E-state index in [0.717, 1.165) is 18.4 Å². The first kappa shape index (κ1) is 11.4. The van der Waals surface area contributed by atoms with Crippen LogP contribution in [0.3, 0.4) is 0 Å². The molecule has 0 amide bonds. The molecule has 7 nitrogen and oxygen atoms in total. The molecule has 0 bridgehead atoms. The highest BCUT2D eigenvalue weighted by Gasteiger charge is 2.14. The fraction of sp³-hybridized carbons (Fsp3) is 0.111. The zero-order chi connectivity index (χ0) is 12.8. The summed E-state index contributed by atoms with van der Waals surface area (Å²) in [6.07, 6.45) is 2.87. The highest BCUT2D eigenvalue weighted by molar-refractivity contribution is 7.89. The first-order valence-electron chi connectivity index (χ1n) is 4.38. The van der Waals surface area contributed by atoms with E-state index in [9.17, 15) is 23.4 Å². The van der Waals surface area contributed by atoms with Crippen LogP contribution in [0.15, 0.2) is 16.9 Å². The van der Waals surface area contributed by atoms with Gasteiger partial charge in [0.25, 0.3) is 10.0 Å². The van der Waals surface area contributed by atoms with Crippen molar-refractivity contribution in [1.29, 1.82) is 0 Å². The minimum atomic E-state index is -3.73. The van der Waals surface area contributed by atoms with Crippen molar-refractivity contribution >= 4 is 20.9 Å². The first-order chi connectivity index (χ1) is 7.80. The lowest BCUT2D eigenvalue weighted by Gasteiger charge is -2.07. The van der Waals surface area contributed by atoms with Gasteiger partial charge >= 0.3 is 0 Å². The number of nitrogens with zero attached hydrogens (tertiary/aromatic N) is 2. The molecule has 89 valence electrons. The van der Waals surface area contributed by atoms with Gasteiger partial charge in [0, 0.05) is 6.07 Å². The zero-order valence-corrected chi connectivity index (χ0v) is 9.39. The minimum absolute atomic E-state index is 0.0966. The van der Waals surface area contributed by atoms with Crippen LogP contribution in [-0.2, 0) is 10.0 Å². The predicted octanol–water partition coefficient (Wildman–Crippen LogP) is -0.584. The summed E-state index contributed by atoms with van der Waals surface area (Å²) in [5, 5.41) is 21.8. The summed E-state index contributed by atoms with van der Waals surface area (Å²) < 4.78 is 23.3. The maximum Gasteiger partial charge on any atom is 0.251 e. The molecule has 2 aromatic rings. The fourth-order valence-electron chi connectivity index (χ4n) is 1.36. The second-order valence-corrected chi connectivity index (χ2v) is 5.22. The first-order valence-corrected chi connectivity index (χ1v) is 6.23. The van der Waals surface area contributed by atoms with Gasteiger partial charge < -0.3 is 10.2 Å². The van der Waals surface area contributed by atoms with Crippen molar-refractivity contribution in [2.75, 3.05) is 6.26 Å². The number of benzene rings is 1. The molecule has 17 heavy (non-hydrogen) atoms. The van der Waals surface area contributed by atoms with Crippen LogP contribution in [0.5, 0.6) is 11.5 Å². The number of rotatable bonds is 1. The molecular formula is C9H7N2O5S. The van der Waals surface area contributed by atoms with E-state index in [2.05, 4.69) is 5.10 Å². The molecule has 0 aliphatic carbocycles. The number of phenolic OH excluding ortho intramolecular Hbond substituents is 2. The molecule has 1 aromatic heterocycles. The molecule has 1 heterocycles. The van der Waals surface area contributed by atoms with Gasteiger partial charge in [-0.05, 0) is 6.07 Å². The van der Waals surface area contributed by atoms with Crippen molar-refractivity contribution in [2.24, 2.45) is 0 Å². The van der Waals surface area contributed by atoms with E-state index >= 15 is 0 Å². The number of hydrogen-bond acceptors (Lipinski definition) is 6. The van der Waals surface area contributed by atoms with Gasteiger partial charge in [-0.3, -0.25) is 4.79 Å². The number of aromatic hydroxyl groups is 2. The van der Waals surface area contributed by atoms with Crippen LogP contribution >= 0.6 is 0 Å². The van der Waals surface area contributed by atoms with Gasteiger partial charge in [0.1, 0.15) is 0 Å². The lowest BCUT2D eigenvalue weighted by molar-refractivity contribution is 0.404. The van der Waals surface area contributed by atoms with Gasteiger partial charge in [-0.1, -0.05) is 0 Å². The Bertz CT molecular complexity index is 763. The van der Waals surface area contributed by atoms with Crippen molar-refractivity contribution in [3.05, 3.63) is 28.6 Å². The quantitative estimate of drug-likeness (QED) is 0.659. The molecule has 0 spiro atoms. The lowest BCUT2D eigenvalue weighted by atomic mass is 10.2. The average molecular weight is 255 g/mol. The summed E-state index contributed by atoms with van der Waals surface area (Å²) >= 11 is 0. The van der Waals surface area contributed by atoms with Crippen LogP contribution in [0, 0.1) is 6.20 Å². The summed E-state index contributed by atoms with van der Waals surface area (Å²) in [6, 6.07) is 1.92. The summed E-state index contributed by atoms with van der Waals surface area (Å²) in [4.78, 5) is 11.4. The summed E-state index contributed by atoms with van der Waals surface area (Å²) in [5.41, 5.74) is -0.790. The third-order valence-electron chi connectivity index (χ3n) is 2.10. The monoisotopic (exact) mass is 255 g/mol. The lowest BCUT2D eigenvalue weighted by Crippen LogP contribution is -2.19. The van der Waals surface area contributed by atoms with Gasteiger partial charge in [-0.25, -0.2) is 8.42 Å². The number of fused-ring (bicyclic) bond motifs is 1. The molecule has 0 aliphatic heterocycles. The molecule has 0 saturated heterocycles. The Kier molecular flexibility index (Phi) is 2.32. The van der Waals surface area contributed by atoms with Crippen LogP contribution in [0.2, 0.25) is 0 Å². The van der Waals surface area contributed by atoms with Crippen LogP contribution in [0.1, 0.15) is 0 Å². The molecule has 2 rings (SSSR count). The normalized spacial score (nSPS) is 11.8. The van der Waals surface area contributed by atoms with Crippen LogP contribution in [0.25, 0.3) is 10.9 Å². The van der Waals surface area contributed by atoms with E-state index in [1.807, 2.05) is 6.20 Å². The predicted molar refractivity (Wildman–Crippen MR) is 58.4 cm³/mol. The van der Waals surface area contributed by atoms with E-state index in [1.165, 1.54) is 0 Å². The van der Waals surface area contributed by atoms with E-state index in [-0.39, 0.29) is 10.9 Å². The van der Waals surface area contributed by atoms with Crippen molar-refractivity contribution < 1.29 is 18.6 Å². The fourth-order valence-corrected chi connectivity index (χ4v) is 2.06. The van der Waals surface area contributed by atoms with Gasteiger partial charge in [0.05, 0.1) is 17.2 Å². The van der Waals surface area contributed by atoms with Crippen molar-refractivity contribution in [3.8, 4) is 11.5 Å². The second-order valence-electron chi connectivity index (χ2n) is 3.40. The molecule has 1 aromatic carbocycles. The van der Waals surface area contributed by atoms with Crippen molar-refractivity contribution in [2.45, 2.75) is 0 Å². The summed E-state index contributed by atoms with van der Waals surface area (Å²) in [5.74, 6) is -1.06. The van der Waals surface area contributed by atoms with Crippen molar-refractivity contribution in [1.82, 2.24) is 9.19 Å². The average Bonchev–Trinajstić information content (AvgIpc) is 2.19. The standard InChI is InChI=1S/C9H7N2O5S/c1-17(15,16)11-6-3-8(13)7(12)2-5(6)9(14)4-10-11/h2-3,12-13H,1H3. The Labute approximate surface area is 95.6 Å². The number of hydrogen-bond donors (Lipinski definition) is 2.